The summed E-state index contributed by atoms with van der Waals surface area (Å²) in [5.41, 5.74) is 2.98. The lowest BCUT2D eigenvalue weighted by atomic mass is 10.1. The van der Waals surface area contributed by atoms with Crippen LogP contribution in [0.2, 0.25) is 0 Å². The number of hydrogen-bond donors (Lipinski definition) is 0. The third kappa shape index (κ3) is 5.81. The number of nitrogens with zero attached hydrogens (tertiary/aromatic N) is 4. The molecule has 2 aromatic carbocycles. The van der Waals surface area contributed by atoms with Crippen LogP contribution in [-0.4, -0.2) is 64.4 Å². The lowest BCUT2D eigenvalue weighted by molar-refractivity contribution is 0.0228. The molecule has 1 unspecified atom stereocenters. The maximum atomic E-state index is 13.5. The van der Waals surface area contributed by atoms with Crippen molar-refractivity contribution in [2.24, 2.45) is 0 Å². The van der Waals surface area contributed by atoms with E-state index in [9.17, 15) is 4.79 Å². The third-order valence-corrected chi connectivity index (χ3v) is 5.72. The van der Waals surface area contributed by atoms with Crippen molar-refractivity contribution in [1.82, 2.24) is 19.6 Å². The molecule has 0 bridgehead atoms. The Morgan fingerprint density at radius 1 is 1.03 bits per heavy atom. The minimum atomic E-state index is 0.0650. The molecule has 1 saturated heterocycles. The Hall–Kier alpha value is -2.96. The van der Waals surface area contributed by atoms with Crippen LogP contribution in [0.5, 0.6) is 0 Å². The van der Waals surface area contributed by atoms with Gasteiger partial charge in [-0.1, -0.05) is 42.5 Å². The highest BCUT2D eigenvalue weighted by molar-refractivity contribution is 5.94. The van der Waals surface area contributed by atoms with Crippen LogP contribution >= 0.6 is 0 Å². The van der Waals surface area contributed by atoms with Gasteiger partial charge in [0.1, 0.15) is 0 Å². The van der Waals surface area contributed by atoms with Crippen LogP contribution in [0.3, 0.4) is 0 Å². The fourth-order valence-electron chi connectivity index (χ4n) is 3.96. The summed E-state index contributed by atoms with van der Waals surface area (Å²) in [6.07, 6.45) is 3.71. The van der Waals surface area contributed by atoms with E-state index in [2.05, 4.69) is 29.1 Å². The molecule has 162 valence electrons. The predicted molar refractivity (Wildman–Crippen MR) is 121 cm³/mol. The van der Waals surface area contributed by atoms with Gasteiger partial charge in [-0.25, -0.2) is 0 Å². The van der Waals surface area contributed by atoms with E-state index in [1.165, 1.54) is 0 Å². The van der Waals surface area contributed by atoms with Crippen LogP contribution in [0, 0.1) is 0 Å². The first-order valence-corrected chi connectivity index (χ1v) is 10.9. The maximum Gasteiger partial charge on any atom is 0.254 e. The SMILES string of the molecule is CC(CN1CCOCC1)N(Cc1ccccc1)C(=O)c1ccc(Cn2cccn2)cc1. The van der Waals surface area contributed by atoms with E-state index in [1.54, 1.807) is 6.20 Å². The summed E-state index contributed by atoms with van der Waals surface area (Å²) < 4.78 is 7.35. The lowest BCUT2D eigenvalue weighted by Gasteiger charge is -2.35. The molecule has 6 heteroatoms. The average molecular weight is 419 g/mol. The summed E-state index contributed by atoms with van der Waals surface area (Å²) in [5, 5.41) is 4.25. The molecular weight excluding hydrogens is 388 g/mol. The Kier molecular flexibility index (Phi) is 7.12. The van der Waals surface area contributed by atoms with Gasteiger partial charge in [-0.3, -0.25) is 14.4 Å². The molecule has 4 rings (SSSR count). The second-order valence-electron chi connectivity index (χ2n) is 8.08. The standard InChI is InChI=1S/C25H30N4O2/c1-21(18-27-14-16-31-17-15-27)29(20-22-6-3-2-4-7-22)25(30)24-10-8-23(9-11-24)19-28-13-5-12-26-28/h2-13,21H,14-20H2,1H3. The zero-order valence-electron chi connectivity index (χ0n) is 18.1. The average Bonchev–Trinajstić information content (AvgIpc) is 3.32. The molecule has 1 amide bonds. The Morgan fingerprint density at radius 3 is 2.45 bits per heavy atom. The lowest BCUT2D eigenvalue weighted by Crippen LogP contribution is -2.48. The fraction of sp³-hybridized carbons (Fsp3) is 0.360. The summed E-state index contributed by atoms with van der Waals surface area (Å²) in [5.74, 6) is 0.0650. The van der Waals surface area contributed by atoms with E-state index in [1.807, 2.05) is 64.3 Å². The second-order valence-corrected chi connectivity index (χ2v) is 8.08. The van der Waals surface area contributed by atoms with Gasteiger partial charge < -0.3 is 9.64 Å². The monoisotopic (exact) mass is 418 g/mol. The molecule has 1 aliphatic rings. The zero-order chi connectivity index (χ0) is 21.5. The van der Waals surface area contributed by atoms with Gasteiger partial charge >= 0.3 is 0 Å². The Bertz CT molecular complexity index is 935. The number of ether oxygens (including phenoxy) is 1. The summed E-state index contributed by atoms with van der Waals surface area (Å²) >= 11 is 0. The van der Waals surface area contributed by atoms with Crippen molar-refractivity contribution in [3.63, 3.8) is 0 Å². The molecule has 0 saturated carbocycles. The minimum Gasteiger partial charge on any atom is -0.379 e. The number of amides is 1. The van der Waals surface area contributed by atoms with E-state index < -0.39 is 0 Å². The number of aromatic nitrogens is 2. The first kappa shape index (κ1) is 21.3. The number of rotatable bonds is 8. The van der Waals surface area contributed by atoms with Crippen LogP contribution in [-0.2, 0) is 17.8 Å². The highest BCUT2D eigenvalue weighted by Gasteiger charge is 2.24. The summed E-state index contributed by atoms with van der Waals surface area (Å²) in [7, 11) is 0. The summed E-state index contributed by atoms with van der Waals surface area (Å²) in [6, 6.07) is 20.1. The van der Waals surface area contributed by atoms with Gasteiger partial charge in [-0.05, 0) is 36.2 Å². The molecule has 2 heterocycles. The second kappa shape index (κ2) is 10.4. The number of carbonyl (C=O) groups excluding carboxylic acids is 1. The Balaban J connectivity index is 1.49. The van der Waals surface area contributed by atoms with Crippen LogP contribution in [0.15, 0.2) is 73.1 Å². The van der Waals surface area contributed by atoms with Gasteiger partial charge in [-0.2, -0.15) is 5.10 Å². The molecular formula is C25H30N4O2. The van der Waals surface area contributed by atoms with Crippen molar-refractivity contribution in [3.8, 4) is 0 Å². The van der Waals surface area contributed by atoms with Gasteiger partial charge in [0, 0.05) is 50.2 Å². The quantitative estimate of drug-likeness (QED) is 0.563. The van der Waals surface area contributed by atoms with Crippen molar-refractivity contribution in [3.05, 3.63) is 89.7 Å². The van der Waals surface area contributed by atoms with Gasteiger partial charge in [0.15, 0.2) is 0 Å². The molecule has 0 N–H and O–H groups in total. The number of hydrogen-bond acceptors (Lipinski definition) is 4. The Labute approximate surface area is 184 Å². The van der Waals surface area contributed by atoms with Crippen molar-refractivity contribution in [2.75, 3.05) is 32.8 Å². The number of morpholine rings is 1. The normalized spacial score (nSPS) is 15.5. The molecule has 1 aromatic heterocycles. The summed E-state index contributed by atoms with van der Waals surface area (Å²) in [4.78, 5) is 17.9. The molecule has 0 spiro atoms. The minimum absolute atomic E-state index is 0.0650. The highest BCUT2D eigenvalue weighted by atomic mass is 16.5. The number of carbonyl (C=O) groups is 1. The molecule has 0 aliphatic carbocycles. The molecule has 1 aliphatic heterocycles. The van der Waals surface area contributed by atoms with Crippen molar-refractivity contribution < 1.29 is 9.53 Å². The maximum absolute atomic E-state index is 13.5. The van der Waals surface area contributed by atoms with Crippen LogP contribution in [0.25, 0.3) is 0 Å². The first-order chi connectivity index (χ1) is 15.2. The van der Waals surface area contributed by atoms with Gasteiger partial charge in [0.25, 0.3) is 5.91 Å². The largest absolute Gasteiger partial charge is 0.379 e. The van der Waals surface area contributed by atoms with Gasteiger partial charge in [0.2, 0.25) is 0 Å². The zero-order valence-corrected chi connectivity index (χ0v) is 18.1. The van der Waals surface area contributed by atoms with Crippen molar-refractivity contribution in [2.45, 2.75) is 26.1 Å². The molecule has 0 radical (unpaired) electrons. The molecule has 31 heavy (non-hydrogen) atoms. The molecule has 3 aromatic rings. The molecule has 1 atom stereocenters. The van der Waals surface area contributed by atoms with E-state index in [0.29, 0.717) is 18.7 Å². The third-order valence-electron chi connectivity index (χ3n) is 5.72. The van der Waals surface area contributed by atoms with Gasteiger partial charge in [-0.15, -0.1) is 0 Å². The first-order valence-electron chi connectivity index (χ1n) is 10.9. The van der Waals surface area contributed by atoms with E-state index in [4.69, 9.17) is 4.74 Å². The van der Waals surface area contributed by atoms with Crippen LogP contribution in [0.4, 0.5) is 0 Å². The van der Waals surface area contributed by atoms with E-state index in [-0.39, 0.29) is 11.9 Å². The highest BCUT2D eigenvalue weighted by Crippen LogP contribution is 2.16. The van der Waals surface area contributed by atoms with Crippen molar-refractivity contribution >= 4 is 5.91 Å². The molecule has 1 fully saturated rings. The van der Waals surface area contributed by atoms with Gasteiger partial charge in [0.05, 0.1) is 19.8 Å². The van der Waals surface area contributed by atoms with E-state index in [0.717, 1.165) is 44.0 Å². The van der Waals surface area contributed by atoms with Crippen LogP contribution < -0.4 is 0 Å². The topological polar surface area (TPSA) is 50.6 Å². The predicted octanol–water partition coefficient (Wildman–Crippen LogP) is 3.29. The molecule has 6 nitrogen and oxygen atoms in total. The van der Waals surface area contributed by atoms with E-state index >= 15 is 0 Å². The Morgan fingerprint density at radius 2 is 1.77 bits per heavy atom. The smallest absolute Gasteiger partial charge is 0.254 e. The number of benzene rings is 2. The fourth-order valence-corrected chi connectivity index (χ4v) is 3.96. The van der Waals surface area contributed by atoms with Crippen LogP contribution in [0.1, 0.15) is 28.4 Å². The summed E-state index contributed by atoms with van der Waals surface area (Å²) in [6.45, 7) is 7.64. The van der Waals surface area contributed by atoms with Crippen molar-refractivity contribution in [1.29, 1.82) is 0 Å².